The van der Waals surface area contributed by atoms with Gasteiger partial charge in [-0.15, -0.1) is 0 Å². The molecule has 0 aromatic heterocycles. The van der Waals surface area contributed by atoms with E-state index in [1.165, 1.54) is 6.08 Å². The molecule has 0 saturated heterocycles. The number of carbonyl (C=O) groups is 2. The van der Waals surface area contributed by atoms with Gasteiger partial charge in [0, 0.05) is 11.8 Å². The zero-order valence-corrected chi connectivity index (χ0v) is 15.8. The predicted octanol–water partition coefficient (Wildman–Crippen LogP) is 3.92. The van der Waals surface area contributed by atoms with Crippen molar-refractivity contribution in [2.24, 2.45) is 0 Å². The number of hydrogen-bond donors (Lipinski definition) is 1. The van der Waals surface area contributed by atoms with Crippen LogP contribution < -0.4 is 14.8 Å². The number of nitrogens with one attached hydrogen (secondary N) is 1. The fourth-order valence-electron chi connectivity index (χ4n) is 2.28. The maximum Gasteiger partial charge on any atom is 0.338 e. The molecule has 0 bridgehead atoms. The van der Waals surface area contributed by atoms with E-state index in [0.717, 1.165) is 5.56 Å². The second kappa shape index (κ2) is 9.43. The average Bonchev–Trinajstić information content (AvgIpc) is 2.66. The molecule has 0 atom stereocenters. The largest absolute Gasteiger partial charge is 0.493 e. The standard InChI is InChI=1S/C21H23NO5/c1-14(2)27-21(24)16-7-9-17(10-8-16)22-20(23)12-6-15-5-11-18(25-3)19(13-15)26-4/h5-14H,1-4H3,(H,22,23)/b12-6+. The van der Waals surface area contributed by atoms with Crippen LogP contribution in [0.5, 0.6) is 11.5 Å². The van der Waals surface area contributed by atoms with Gasteiger partial charge in [-0.3, -0.25) is 4.79 Å². The van der Waals surface area contributed by atoms with Gasteiger partial charge in [0.05, 0.1) is 25.9 Å². The van der Waals surface area contributed by atoms with E-state index >= 15 is 0 Å². The Labute approximate surface area is 158 Å². The molecule has 0 aliphatic carbocycles. The van der Waals surface area contributed by atoms with Gasteiger partial charge in [-0.25, -0.2) is 4.79 Å². The van der Waals surface area contributed by atoms with Crippen LogP contribution >= 0.6 is 0 Å². The van der Waals surface area contributed by atoms with E-state index < -0.39 is 5.97 Å². The Balaban J connectivity index is 1.99. The molecule has 1 amide bonds. The molecule has 0 saturated carbocycles. The number of benzene rings is 2. The van der Waals surface area contributed by atoms with E-state index in [4.69, 9.17) is 14.2 Å². The number of hydrogen-bond acceptors (Lipinski definition) is 5. The van der Waals surface area contributed by atoms with Gasteiger partial charge in [-0.2, -0.15) is 0 Å². The Morgan fingerprint density at radius 1 is 0.963 bits per heavy atom. The van der Waals surface area contributed by atoms with Crippen LogP contribution in [-0.2, 0) is 9.53 Å². The highest BCUT2D eigenvalue weighted by atomic mass is 16.5. The number of methoxy groups -OCH3 is 2. The van der Waals surface area contributed by atoms with Crippen LogP contribution in [-0.4, -0.2) is 32.2 Å². The van der Waals surface area contributed by atoms with E-state index in [-0.39, 0.29) is 12.0 Å². The van der Waals surface area contributed by atoms with Gasteiger partial charge in [-0.1, -0.05) is 6.07 Å². The Hall–Kier alpha value is -3.28. The third-order valence-electron chi connectivity index (χ3n) is 3.57. The first kappa shape index (κ1) is 20.0. The summed E-state index contributed by atoms with van der Waals surface area (Å²) >= 11 is 0. The molecule has 0 spiro atoms. The van der Waals surface area contributed by atoms with Crippen LogP contribution in [0.1, 0.15) is 29.8 Å². The van der Waals surface area contributed by atoms with Crippen LogP contribution in [0.4, 0.5) is 5.69 Å². The number of amides is 1. The third kappa shape index (κ3) is 5.88. The lowest BCUT2D eigenvalue weighted by atomic mass is 10.2. The van der Waals surface area contributed by atoms with Gasteiger partial charge in [0.25, 0.3) is 0 Å². The first-order valence-corrected chi connectivity index (χ1v) is 8.45. The average molecular weight is 369 g/mol. The highest BCUT2D eigenvalue weighted by molar-refractivity contribution is 6.02. The van der Waals surface area contributed by atoms with Crippen LogP contribution in [0.25, 0.3) is 6.08 Å². The van der Waals surface area contributed by atoms with Gasteiger partial charge < -0.3 is 19.5 Å². The first-order valence-electron chi connectivity index (χ1n) is 8.45. The fourth-order valence-corrected chi connectivity index (χ4v) is 2.28. The second-order valence-corrected chi connectivity index (χ2v) is 5.97. The molecule has 0 fully saturated rings. The van der Waals surface area contributed by atoms with Crippen molar-refractivity contribution in [2.45, 2.75) is 20.0 Å². The van der Waals surface area contributed by atoms with Gasteiger partial charge >= 0.3 is 5.97 Å². The van der Waals surface area contributed by atoms with E-state index in [9.17, 15) is 9.59 Å². The van der Waals surface area contributed by atoms with Crippen LogP contribution in [0.15, 0.2) is 48.5 Å². The Morgan fingerprint density at radius 2 is 1.63 bits per heavy atom. The molecule has 0 unspecified atom stereocenters. The number of esters is 1. The van der Waals surface area contributed by atoms with Gasteiger partial charge in [0.1, 0.15) is 0 Å². The number of rotatable bonds is 7. The summed E-state index contributed by atoms with van der Waals surface area (Å²) in [5, 5.41) is 2.74. The smallest absolute Gasteiger partial charge is 0.338 e. The molecule has 2 aromatic rings. The summed E-state index contributed by atoms with van der Waals surface area (Å²) in [4.78, 5) is 23.9. The van der Waals surface area contributed by atoms with E-state index in [1.807, 2.05) is 6.07 Å². The minimum Gasteiger partial charge on any atom is -0.493 e. The highest BCUT2D eigenvalue weighted by Gasteiger charge is 2.09. The van der Waals surface area contributed by atoms with Crippen molar-refractivity contribution in [3.05, 3.63) is 59.7 Å². The van der Waals surface area contributed by atoms with Crippen LogP contribution in [0.2, 0.25) is 0 Å². The van der Waals surface area contributed by atoms with E-state index in [0.29, 0.717) is 22.7 Å². The summed E-state index contributed by atoms with van der Waals surface area (Å²) in [5.41, 5.74) is 1.82. The van der Waals surface area contributed by atoms with Crippen molar-refractivity contribution in [3.8, 4) is 11.5 Å². The molecule has 2 rings (SSSR count). The molecule has 0 heterocycles. The molecule has 142 valence electrons. The third-order valence-corrected chi connectivity index (χ3v) is 3.57. The normalized spacial score (nSPS) is 10.7. The molecule has 27 heavy (non-hydrogen) atoms. The quantitative estimate of drug-likeness (QED) is 0.591. The minimum absolute atomic E-state index is 0.182. The van der Waals surface area contributed by atoms with E-state index in [2.05, 4.69) is 5.32 Å². The van der Waals surface area contributed by atoms with Crippen molar-refractivity contribution in [3.63, 3.8) is 0 Å². The number of anilines is 1. The summed E-state index contributed by atoms with van der Waals surface area (Å²) in [5.74, 6) is 0.526. The Morgan fingerprint density at radius 3 is 2.22 bits per heavy atom. The van der Waals surface area contributed by atoms with Gasteiger partial charge in [0.2, 0.25) is 5.91 Å². The fraction of sp³-hybridized carbons (Fsp3) is 0.238. The molecule has 6 heteroatoms. The summed E-state index contributed by atoms with van der Waals surface area (Å²) in [6, 6.07) is 11.9. The SMILES string of the molecule is COc1ccc(/C=C/C(=O)Nc2ccc(C(=O)OC(C)C)cc2)cc1OC. The molecule has 1 N–H and O–H groups in total. The lowest BCUT2D eigenvalue weighted by Crippen LogP contribution is -2.12. The molecular weight excluding hydrogens is 346 g/mol. The first-order chi connectivity index (χ1) is 12.9. The molecule has 0 aliphatic heterocycles. The van der Waals surface area contributed by atoms with Crippen molar-refractivity contribution in [1.82, 2.24) is 0 Å². The summed E-state index contributed by atoms with van der Waals surface area (Å²) in [6.45, 7) is 3.58. The van der Waals surface area contributed by atoms with Crippen LogP contribution in [0.3, 0.4) is 0 Å². The lowest BCUT2D eigenvalue weighted by molar-refractivity contribution is -0.111. The molecular formula is C21H23NO5. The summed E-state index contributed by atoms with van der Waals surface area (Å²) in [6.07, 6.45) is 2.91. The van der Waals surface area contributed by atoms with Gasteiger partial charge in [0.15, 0.2) is 11.5 Å². The summed E-state index contributed by atoms with van der Waals surface area (Å²) < 4.78 is 15.5. The predicted molar refractivity (Wildman–Crippen MR) is 104 cm³/mol. The van der Waals surface area contributed by atoms with Crippen molar-refractivity contribution in [1.29, 1.82) is 0 Å². The highest BCUT2D eigenvalue weighted by Crippen LogP contribution is 2.27. The monoisotopic (exact) mass is 369 g/mol. The zero-order chi connectivity index (χ0) is 19.8. The number of ether oxygens (including phenoxy) is 3. The molecule has 2 aromatic carbocycles. The summed E-state index contributed by atoms with van der Waals surface area (Å²) in [7, 11) is 3.12. The van der Waals surface area contributed by atoms with Crippen LogP contribution in [0, 0.1) is 0 Å². The van der Waals surface area contributed by atoms with Crippen molar-refractivity contribution in [2.75, 3.05) is 19.5 Å². The Bertz CT molecular complexity index is 825. The zero-order valence-electron chi connectivity index (χ0n) is 15.8. The Kier molecular flexibility index (Phi) is 7.00. The topological polar surface area (TPSA) is 73.9 Å². The molecule has 0 aliphatic rings. The van der Waals surface area contributed by atoms with Gasteiger partial charge in [-0.05, 0) is 61.9 Å². The minimum atomic E-state index is -0.392. The van der Waals surface area contributed by atoms with E-state index in [1.54, 1.807) is 70.5 Å². The molecule has 6 nitrogen and oxygen atoms in total. The lowest BCUT2D eigenvalue weighted by Gasteiger charge is -2.08. The number of carbonyl (C=O) groups excluding carboxylic acids is 2. The second-order valence-electron chi connectivity index (χ2n) is 5.97. The maximum atomic E-state index is 12.1. The molecule has 0 radical (unpaired) electrons. The van der Waals surface area contributed by atoms with Crippen molar-refractivity contribution < 1.29 is 23.8 Å². The van der Waals surface area contributed by atoms with Crippen molar-refractivity contribution >= 4 is 23.6 Å². The maximum absolute atomic E-state index is 12.1.